The number of fused-ring (bicyclic) bond motifs is 1. The summed E-state index contributed by atoms with van der Waals surface area (Å²) >= 11 is 0. The van der Waals surface area contributed by atoms with E-state index in [1.807, 2.05) is 25.3 Å². The van der Waals surface area contributed by atoms with Crippen molar-refractivity contribution in [2.24, 2.45) is 0 Å². The van der Waals surface area contributed by atoms with E-state index in [2.05, 4.69) is 26.3 Å². The Labute approximate surface area is 124 Å². The number of rotatable bonds is 5. The van der Waals surface area contributed by atoms with Gasteiger partial charge in [0.05, 0.1) is 0 Å². The van der Waals surface area contributed by atoms with Crippen LogP contribution < -0.4 is 5.32 Å². The molecule has 0 fully saturated rings. The van der Waals surface area contributed by atoms with Crippen LogP contribution in [0.1, 0.15) is 35.1 Å². The van der Waals surface area contributed by atoms with Crippen molar-refractivity contribution < 1.29 is 4.74 Å². The van der Waals surface area contributed by atoms with Crippen LogP contribution >= 0.6 is 0 Å². The number of ether oxygens (including phenoxy) is 1. The van der Waals surface area contributed by atoms with E-state index in [1.165, 1.54) is 11.3 Å². The lowest BCUT2D eigenvalue weighted by Gasteiger charge is -2.13. The molecule has 0 spiro atoms. The van der Waals surface area contributed by atoms with E-state index in [0.29, 0.717) is 18.3 Å². The Hall–Kier alpha value is -2.01. The van der Waals surface area contributed by atoms with Gasteiger partial charge in [-0.05, 0) is 31.4 Å². The zero-order valence-electron chi connectivity index (χ0n) is 12.5. The average Bonchev–Trinajstić information content (AvgIpc) is 2.88. The molecular formula is C16H20N4O. The summed E-state index contributed by atoms with van der Waals surface area (Å²) in [6.07, 6.45) is 4.14. The van der Waals surface area contributed by atoms with Gasteiger partial charge in [-0.2, -0.15) is 0 Å². The van der Waals surface area contributed by atoms with E-state index in [9.17, 15) is 0 Å². The fraction of sp³-hybridized carbons (Fsp3) is 0.438. The summed E-state index contributed by atoms with van der Waals surface area (Å²) in [5.41, 5.74) is 3.56. The summed E-state index contributed by atoms with van der Waals surface area (Å²) in [7, 11) is 1.65. The third-order valence-corrected chi connectivity index (χ3v) is 3.78. The zero-order chi connectivity index (χ0) is 14.7. The van der Waals surface area contributed by atoms with Gasteiger partial charge in [0, 0.05) is 43.2 Å². The van der Waals surface area contributed by atoms with Gasteiger partial charge >= 0.3 is 0 Å². The molecule has 1 aliphatic rings. The van der Waals surface area contributed by atoms with Crippen LogP contribution in [0.2, 0.25) is 0 Å². The van der Waals surface area contributed by atoms with Crippen molar-refractivity contribution in [3.05, 3.63) is 47.2 Å². The molecule has 3 rings (SSSR count). The van der Waals surface area contributed by atoms with Crippen molar-refractivity contribution in [2.75, 3.05) is 19.0 Å². The summed E-state index contributed by atoms with van der Waals surface area (Å²) in [4.78, 5) is 13.3. The topological polar surface area (TPSA) is 59.9 Å². The fourth-order valence-electron chi connectivity index (χ4n) is 2.84. The van der Waals surface area contributed by atoms with E-state index in [0.717, 1.165) is 30.9 Å². The highest BCUT2D eigenvalue weighted by atomic mass is 16.5. The van der Waals surface area contributed by atoms with Crippen molar-refractivity contribution in [3.8, 4) is 0 Å². The number of hydrogen-bond donors (Lipinski definition) is 1. The van der Waals surface area contributed by atoms with Gasteiger partial charge < -0.3 is 10.1 Å². The molecule has 0 saturated carbocycles. The van der Waals surface area contributed by atoms with E-state index in [-0.39, 0.29) is 0 Å². The van der Waals surface area contributed by atoms with Crippen LogP contribution in [0.25, 0.3) is 0 Å². The number of nitrogens with zero attached hydrogens (tertiary/aromatic N) is 3. The molecule has 0 radical (unpaired) electrons. The predicted molar refractivity (Wildman–Crippen MR) is 81.3 cm³/mol. The summed E-state index contributed by atoms with van der Waals surface area (Å²) in [6, 6.07) is 6.15. The number of hydrogen-bond acceptors (Lipinski definition) is 5. The van der Waals surface area contributed by atoms with Crippen LogP contribution in [-0.4, -0.2) is 28.6 Å². The second-order valence-electron chi connectivity index (χ2n) is 5.41. The van der Waals surface area contributed by atoms with E-state index < -0.39 is 0 Å². The molecule has 0 bridgehead atoms. The third-order valence-electron chi connectivity index (χ3n) is 3.78. The first-order valence-corrected chi connectivity index (χ1v) is 7.27. The minimum Gasteiger partial charge on any atom is -0.377 e. The first kappa shape index (κ1) is 13.9. The highest BCUT2D eigenvalue weighted by Gasteiger charge is 2.23. The van der Waals surface area contributed by atoms with Gasteiger partial charge in [0.15, 0.2) is 5.82 Å². The van der Waals surface area contributed by atoms with E-state index in [1.54, 1.807) is 7.11 Å². The fourth-order valence-corrected chi connectivity index (χ4v) is 2.84. The molecule has 0 saturated heterocycles. The Morgan fingerprint density at radius 2 is 2.29 bits per heavy atom. The Balaban J connectivity index is 1.68. The van der Waals surface area contributed by atoms with Crippen molar-refractivity contribution in [2.45, 2.75) is 32.3 Å². The summed E-state index contributed by atoms with van der Waals surface area (Å²) in [6.45, 7) is 3.26. The first-order valence-electron chi connectivity index (χ1n) is 7.27. The number of anilines is 1. The second-order valence-corrected chi connectivity index (χ2v) is 5.41. The molecule has 1 N–H and O–H groups in total. The molecule has 1 atom stereocenters. The zero-order valence-corrected chi connectivity index (χ0v) is 12.5. The second kappa shape index (κ2) is 6.18. The lowest BCUT2D eigenvalue weighted by Crippen LogP contribution is -2.13. The van der Waals surface area contributed by atoms with Gasteiger partial charge in [-0.25, -0.2) is 9.97 Å². The lowest BCUT2D eigenvalue weighted by atomic mass is 10.1. The molecule has 2 aromatic rings. The maximum atomic E-state index is 5.10. The SMILES string of the molecule is COCc1nc(C)cc(NCC2CCc3cccnc32)n1. The molecule has 2 heterocycles. The molecule has 110 valence electrons. The van der Waals surface area contributed by atoms with Crippen LogP contribution in [0.5, 0.6) is 0 Å². The Morgan fingerprint density at radius 3 is 3.14 bits per heavy atom. The predicted octanol–water partition coefficient (Wildman–Crippen LogP) is 2.47. The van der Waals surface area contributed by atoms with Crippen molar-refractivity contribution >= 4 is 5.82 Å². The van der Waals surface area contributed by atoms with Gasteiger partial charge in [-0.3, -0.25) is 4.98 Å². The molecule has 21 heavy (non-hydrogen) atoms. The quantitative estimate of drug-likeness (QED) is 0.914. The number of aryl methyl sites for hydroxylation is 2. The van der Waals surface area contributed by atoms with Gasteiger partial charge in [0.25, 0.3) is 0 Å². The Morgan fingerprint density at radius 1 is 1.38 bits per heavy atom. The third kappa shape index (κ3) is 3.19. The lowest BCUT2D eigenvalue weighted by molar-refractivity contribution is 0.177. The molecule has 1 aliphatic carbocycles. The molecule has 2 aromatic heterocycles. The maximum Gasteiger partial charge on any atom is 0.156 e. The van der Waals surface area contributed by atoms with Crippen LogP contribution in [0, 0.1) is 6.92 Å². The Bertz CT molecular complexity index is 629. The number of pyridine rings is 1. The highest BCUT2D eigenvalue weighted by Crippen LogP contribution is 2.31. The van der Waals surface area contributed by atoms with Crippen LogP contribution in [0.3, 0.4) is 0 Å². The maximum absolute atomic E-state index is 5.10. The summed E-state index contributed by atoms with van der Waals surface area (Å²) < 4.78 is 5.10. The first-order chi connectivity index (χ1) is 10.3. The number of methoxy groups -OCH3 is 1. The monoisotopic (exact) mass is 284 g/mol. The molecular weight excluding hydrogens is 264 g/mol. The average molecular weight is 284 g/mol. The Kier molecular flexibility index (Phi) is 4.10. The minimum atomic E-state index is 0.435. The smallest absolute Gasteiger partial charge is 0.156 e. The molecule has 0 amide bonds. The van der Waals surface area contributed by atoms with Gasteiger partial charge in [0.2, 0.25) is 0 Å². The van der Waals surface area contributed by atoms with E-state index >= 15 is 0 Å². The largest absolute Gasteiger partial charge is 0.377 e. The van der Waals surface area contributed by atoms with Crippen molar-refractivity contribution in [1.29, 1.82) is 0 Å². The van der Waals surface area contributed by atoms with Crippen LogP contribution in [0.4, 0.5) is 5.82 Å². The van der Waals surface area contributed by atoms with Gasteiger partial charge in [-0.15, -0.1) is 0 Å². The van der Waals surface area contributed by atoms with Crippen molar-refractivity contribution in [3.63, 3.8) is 0 Å². The number of nitrogens with one attached hydrogen (secondary N) is 1. The van der Waals surface area contributed by atoms with Gasteiger partial charge in [0.1, 0.15) is 12.4 Å². The molecule has 1 unspecified atom stereocenters. The van der Waals surface area contributed by atoms with Crippen molar-refractivity contribution in [1.82, 2.24) is 15.0 Å². The normalized spacial score (nSPS) is 16.8. The van der Waals surface area contributed by atoms with E-state index in [4.69, 9.17) is 4.74 Å². The molecule has 5 nitrogen and oxygen atoms in total. The molecule has 0 aromatic carbocycles. The standard InChI is InChI=1S/C16H20N4O/c1-11-8-14(20-15(19-11)10-21-2)18-9-13-6-5-12-4-3-7-17-16(12)13/h3-4,7-8,13H,5-6,9-10H2,1-2H3,(H,18,19,20). The summed E-state index contributed by atoms with van der Waals surface area (Å²) in [5.74, 6) is 2.03. The van der Waals surface area contributed by atoms with Crippen LogP contribution in [-0.2, 0) is 17.8 Å². The molecule has 5 heteroatoms. The minimum absolute atomic E-state index is 0.435. The number of aromatic nitrogens is 3. The summed E-state index contributed by atoms with van der Waals surface area (Å²) in [5, 5.41) is 3.42. The highest BCUT2D eigenvalue weighted by molar-refractivity contribution is 5.38. The van der Waals surface area contributed by atoms with Crippen LogP contribution in [0.15, 0.2) is 24.4 Å². The van der Waals surface area contributed by atoms with Gasteiger partial charge in [-0.1, -0.05) is 6.07 Å². The molecule has 0 aliphatic heterocycles.